The molecule has 0 saturated carbocycles. The zero-order chi connectivity index (χ0) is 12.1. The van der Waals surface area contributed by atoms with E-state index in [4.69, 9.17) is 10.2 Å². The largest absolute Gasteiger partial charge is 0.396 e. The van der Waals surface area contributed by atoms with Gasteiger partial charge in [-0.25, -0.2) is 0 Å². The van der Waals surface area contributed by atoms with E-state index in [-0.39, 0.29) is 12.7 Å². The maximum Gasteiger partial charge on any atom is 0.0541 e. The van der Waals surface area contributed by atoms with Crippen molar-refractivity contribution in [1.82, 2.24) is 0 Å². The molecular formula is C13H28O3. The van der Waals surface area contributed by atoms with Gasteiger partial charge in [-0.05, 0) is 25.7 Å². The maximum atomic E-state index is 9.51. The summed E-state index contributed by atoms with van der Waals surface area (Å²) in [7, 11) is 0. The van der Waals surface area contributed by atoms with Gasteiger partial charge in [-0.1, -0.05) is 38.5 Å². The fourth-order valence-electron chi connectivity index (χ4n) is 1.85. The molecule has 0 fully saturated rings. The Morgan fingerprint density at radius 3 is 1.56 bits per heavy atom. The van der Waals surface area contributed by atoms with Crippen molar-refractivity contribution in [3.8, 4) is 0 Å². The van der Waals surface area contributed by atoms with Crippen molar-refractivity contribution in [2.24, 2.45) is 0 Å². The molecule has 0 heterocycles. The summed E-state index contributed by atoms with van der Waals surface area (Å²) in [6.45, 7) is 0.499. The molecule has 0 bridgehead atoms. The Bertz CT molecular complexity index is 128. The van der Waals surface area contributed by atoms with Crippen molar-refractivity contribution in [2.75, 3.05) is 13.2 Å². The SMILES string of the molecule is OCCCCCCCCCC(O)CCCO. The molecule has 1 atom stereocenters. The molecule has 3 nitrogen and oxygen atoms in total. The molecule has 0 rings (SSSR count). The Hall–Kier alpha value is -0.120. The molecule has 0 aliphatic carbocycles. The van der Waals surface area contributed by atoms with Gasteiger partial charge >= 0.3 is 0 Å². The van der Waals surface area contributed by atoms with E-state index in [0.29, 0.717) is 13.0 Å². The second-order valence-corrected chi connectivity index (χ2v) is 4.51. The van der Waals surface area contributed by atoms with Gasteiger partial charge in [0.15, 0.2) is 0 Å². The fraction of sp³-hybridized carbons (Fsp3) is 1.00. The highest BCUT2D eigenvalue weighted by molar-refractivity contribution is 4.56. The Labute approximate surface area is 99.5 Å². The highest BCUT2D eigenvalue weighted by Gasteiger charge is 2.02. The number of hydrogen-bond acceptors (Lipinski definition) is 3. The smallest absolute Gasteiger partial charge is 0.0541 e. The molecule has 98 valence electrons. The van der Waals surface area contributed by atoms with E-state index in [9.17, 15) is 5.11 Å². The Kier molecular flexibility index (Phi) is 12.9. The lowest BCUT2D eigenvalue weighted by Crippen LogP contribution is -2.06. The molecule has 3 N–H and O–H groups in total. The van der Waals surface area contributed by atoms with E-state index < -0.39 is 0 Å². The normalized spacial score (nSPS) is 12.9. The van der Waals surface area contributed by atoms with Gasteiger partial charge < -0.3 is 15.3 Å². The summed E-state index contributed by atoms with van der Waals surface area (Å²) in [5, 5.41) is 26.7. The van der Waals surface area contributed by atoms with Crippen LogP contribution in [0.15, 0.2) is 0 Å². The van der Waals surface area contributed by atoms with Gasteiger partial charge in [0.05, 0.1) is 6.10 Å². The second kappa shape index (κ2) is 12.9. The van der Waals surface area contributed by atoms with Gasteiger partial charge in [-0.15, -0.1) is 0 Å². The zero-order valence-corrected chi connectivity index (χ0v) is 10.4. The van der Waals surface area contributed by atoms with Crippen LogP contribution in [-0.4, -0.2) is 34.6 Å². The van der Waals surface area contributed by atoms with Crippen LogP contribution in [-0.2, 0) is 0 Å². The van der Waals surface area contributed by atoms with E-state index in [2.05, 4.69) is 0 Å². The number of aliphatic hydroxyl groups excluding tert-OH is 3. The van der Waals surface area contributed by atoms with E-state index in [0.717, 1.165) is 32.1 Å². The van der Waals surface area contributed by atoms with Gasteiger partial charge in [0.25, 0.3) is 0 Å². The molecular weight excluding hydrogens is 204 g/mol. The Morgan fingerprint density at radius 2 is 1.00 bits per heavy atom. The van der Waals surface area contributed by atoms with Crippen molar-refractivity contribution in [3.63, 3.8) is 0 Å². The third-order valence-electron chi connectivity index (χ3n) is 2.89. The molecule has 0 aliphatic rings. The summed E-state index contributed by atoms with van der Waals surface area (Å²) >= 11 is 0. The highest BCUT2D eigenvalue weighted by Crippen LogP contribution is 2.11. The summed E-state index contributed by atoms with van der Waals surface area (Å²) in [5.74, 6) is 0. The summed E-state index contributed by atoms with van der Waals surface area (Å²) in [6.07, 6.45) is 10.1. The van der Waals surface area contributed by atoms with E-state index >= 15 is 0 Å². The van der Waals surface area contributed by atoms with Crippen molar-refractivity contribution in [1.29, 1.82) is 0 Å². The quantitative estimate of drug-likeness (QED) is 0.452. The first-order valence-electron chi connectivity index (χ1n) is 6.71. The van der Waals surface area contributed by atoms with Gasteiger partial charge in [-0.2, -0.15) is 0 Å². The molecule has 0 spiro atoms. The lowest BCUT2D eigenvalue weighted by molar-refractivity contribution is 0.137. The molecule has 16 heavy (non-hydrogen) atoms. The third-order valence-corrected chi connectivity index (χ3v) is 2.89. The molecule has 1 unspecified atom stereocenters. The first kappa shape index (κ1) is 15.9. The standard InChI is InChI=1S/C13H28O3/c14-11-7-5-3-1-2-4-6-9-13(16)10-8-12-15/h13-16H,1-12H2. The molecule has 0 aromatic carbocycles. The Morgan fingerprint density at radius 1 is 0.562 bits per heavy atom. The third kappa shape index (κ3) is 12.0. The second-order valence-electron chi connectivity index (χ2n) is 4.51. The molecule has 0 aliphatic heterocycles. The summed E-state index contributed by atoms with van der Waals surface area (Å²) < 4.78 is 0. The van der Waals surface area contributed by atoms with Crippen LogP contribution in [0.25, 0.3) is 0 Å². The number of rotatable bonds is 12. The van der Waals surface area contributed by atoms with Gasteiger partial charge in [0, 0.05) is 13.2 Å². The Balaban J connectivity index is 3.02. The van der Waals surface area contributed by atoms with E-state index in [1.165, 1.54) is 25.7 Å². The number of aliphatic hydroxyl groups is 3. The predicted molar refractivity (Wildman–Crippen MR) is 66.3 cm³/mol. The molecule has 3 heteroatoms. The lowest BCUT2D eigenvalue weighted by atomic mass is 10.0. The minimum Gasteiger partial charge on any atom is -0.396 e. The van der Waals surface area contributed by atoms with Gasteiger partial charge in [-0.3, -0.25) is 0 Å². The van der Waals surface area contributed by atoms with Crippen LogP contribution in [0.4, 0.5) is 0 Å². The topological polar surface area (TPSA) is 60.7 Å². The predicted octanol–water partition coefficient (Wildman–Crippen LogP) is 2.23. The first-order valence-corrected chi connectivity index (χ1v) is 6.71. The number of hydrogen-bond donors (Lipinski definition) is 3. The zero-order valence-electron chi connectivity index (χ0n) is 10.4. The number of unbranched alkanes of at least 4 members (excludes halogenated alkanes) is 6. The van der Waals surface area contributed by atoms with Crippen LogP contribution in [0.2, 0.25) is 0 Å². The highest BCUT2D eigenvalue weighted by atomic mass is 16.3. The minimum atomic E-state index is -0.221. The van der Waals surface area contributed by atoms with Crippen LogP contribution < -0.4 is 0 Å². The van der Waals surface area contributed by atoms with Crippen LogP contribution >= 0.6 is 0 Å². The average Bonchev–Trinajstić information content (AvgIpc) is 2.30. The van der Waals surface area contributed by atoms with Crippen molar-refractivity contribution in [2.45, 2.75) is 70.3 Å². The molecule has 0 saturated heterocycles. The van der Waals surface area contributed by atoms with Gasteiger partial charge in [0.1, 0.15) is 0 Å². The minimum absolute atomic E-state index is 0.182. The summed E-state index contributed by atoms with van der Waals surface area (Å²) in [4.78, 5) is 0. The van der Waals surface area contributed by atoms with Crippen molar-refractivity contribution < 1.29 is 15.3 Å². The molecule has 0 aromatic rings. The molecule has 0 aromatic heterocycles. The van der Waals surface area contributed by atoms with Crippen LogP contribution in [0, 0.1) is 0 Å². The monoisotopic (exact) mass is 232 g/mol. The summed E-state index contributed by atoms with van der Waals surface area (Å²) in [5.41, 5.74) is 0. The van der Waals surface area contributed by atoms with Gasteiger partial charge in [0.2, 0.25) is 0 Å². The average molecular weight is 232 g/mol. The van der Waals surface area contributed by atoms with E-state index in [1.54, 1.807) is 0 Å². The first-order chi connectivity index (χ1) is 7.81. The van der Waals surface area contributed by atoms with Crippen molar-refractivity contribution >= 4 is 0 Å². The fourth-order valence-corrected chi connectivity index (χ4v) is 1.85. The lowest BCUT2D eigenvalue weighted by Gasteiger charge is -2.08. The van der Waals surface area contributed by atoms with Crippen LogP contribution in [0.3, 0.4) is 0 Å². The van der Waals surface area contributed by atoms with E-state index in [1.807, 2.05) is 0 Å². The molecule has 0 radical (unpaired) electrons. The van der Waals surface area contributed by atoms with Crippen LogP contribution in [0.5, 0.6) is 0 Å². The molecule has 0 amide bonds. The van der Waals surface area contributed by atoms with Crippen molar-refractivity contribution in [3.05, 3.63) is 0 Å². The maximum absolute atomic E-state index is 9.51. The van der Waals surface area contributed by atoms with Crippen LogP contribution in [0.1, 0.15) is 64.2 Å². The summed E-state index contributed by atoms with van der Waals surface area (Å²) in [6, 6.07) is 0.